The summed E-state index contributed by atoms with van der Waals surface area (Å²) in [7, 11) is 0. The van der Waals surface area contributed by atoms with Crippen molar-refractivity contribution in [2.75, 3.05) is 0 Å². The zero-order valence-electron chi connectivity index (χ0n) is 31.3. The van der Waals surface area contributed by atoms with E-state index in [9.17, 15) is 0 Å². The number of benzene rings is 6. The van der Waals surface area contributed by atoms with Gasteiger partial charge in [-0.05, 0) is 28.5 Å². The Kier molecular flexibility index (Phi) is 3.55. The van der Waals surface area contributed by atoms with Gasteiger partial charge in [-0.2, -0.15) is 0 Å². The molecule has 0 spiro atoms. The molecule has 0 bridgehead atoms. The lowest BCUT2D eigenvalue weighted by atomic mass is 9.94. The van der Waals surface area contributed by atoms with Crippen LogP contribution >= 0.6 is 0 Å². The predicted octanol–water partition coefficient (Wildman–Crippen LogP) is 9.59. The van der Waals surface area contributed by atoms with Crippen molar-refractivity contribution in [1.82, 2.24) is 15.0 Å². The Morgan fingerprint density at radius 2 is 1.17 bits per heavy atom. The number of hydrogen-bond donors (Lipinski definition) is 0. The van der Waals surface area contributed by atoms with Crippen LogP contribution in [-0.4, -0.2) is 15.0 Å². The van der Waals surface area contributed by atoms with Crippen LogP contribution in [0.15, 0.2) is 144 Å². The molecule has 0 saturated heterocycles. The van der Waals surface area contributed by atoms with Crippen LogP contribution in [-0.2, 0) is 0 Å². The van der Waals surface area contributed by atoms with Crippen LogP contribution in [0.5, 0.6) is 0 Å². The van der Waals surface area contributed by atoms with Crippen LogP contribution in [0.4, 0.5) is 0 Å². The van der Waals surface area contributed by atoms with Crippen molar-refractivity contribution in [1.29, 1.82) is 0 Å². The SMILES string of the molecule is [2H]c1c([2H])c([2H])c(-c2nc(-c3c([2H])c([2H])c([2H])c([2H])c3[2H])nc(-c3cccc4oc5c(-c6ccccc6)c6ccccc6cc5c34)n2)c([2H])c1[2H]. The summed E-state index contributed by atoms with van der Waals surface area (Å²) in [5, 5.41) is 3.26. The first-order valence-electron chi connectivity index (χ1n) is 17.8. The molecular formula is C37H23N3O. The molecular weight excluding hydrogens is 502 g/mol. The molecule has 0 fully saturated rings. The number of hydrogen-bond acceptors (Lipinski definition) is 4. The summed E-state index contributed by atoms with van der Waals surface area (Å²) in [5.41, 5.74) is 2.66. The molecule has 4 heteroatoms. The fraction of sp³-hybridized carbons (Fsp3) is 0. The van der Waals surface area contributed by atoms with Gasteiger partial charge in [0.2, 0.25) is 0 Å². The van der Waals surface area contributed by atoms with E-state index in [2.05, 4.69) is 15.0 Å². The van der Waals surface area contributed by atoms with Crippen LogP contribution < -0.4 is 0 Å². The maximum atomic E-state index is 8.65. The topological polar surface area (TPSA) is 51.8 Å². The Bertz CT molecular complexity index is 2620. The van der Waals surface area contributed by atoms with Crippen molar-refractivity contribution in [3.05, 3.63) is 139 Å². The van der Waals surface area contributed by atoms with Crippen molar-refractivity contribution in [3.63, 3.8) is 0 Å². The lowest BCUT2D eigenvalue weighted by Crippen LogP contribution is -2.00. The molecule has 6 aromatic carbocycles. The third-order valence-corrected chi connectivity index (χ3v) is 6.90. The Labute approximate surface area is 250 Å². The molecule has 0 aliphatic carbocycles. The molecule has 2 aromatic heterocycles. The second-order valence-electron chi connectivity index (χ2n) is 9.30. The number of fused-ring (bicyclic) bond motifs is 4. The summed E-state index contributed by atoms with van der Waals surface area (Å²) in [6.07, 6.45) is 0. The van der Waals surface area contributed by atoms with Crippen LogP contribution in [0, 0.1) is 0 Å². The predicted molar refractivity (Wildman–Crippen MR) is 166 cm³/mol. The van der Waals surface area contributed by atoms with E-state index in [1.54, 1.807) is 18.2 Å². The second kappa shape index (κ2) is 9.54. The van der Waals surface area contributed by atoms with Gasteiger partial charge in [0.15, 0.2) is 17.5 Å². The van der Waals surface area contributed by atoms with Crippen LogP contribution in [0.1, 0.15) is 13.7 Å². The number of aromatic nitrogens is 3. The van der Waals surface area contributed by atoms with Gasteiger partial charge >= 0.3 is 0 Å². The minimum Gasteiger partial charge on any atom is -0.455 e. The van der Waals surface area contributed by atoms with Crippen LogP contribution in [0.3, 0.4) is 0 Å². The van der Waals surface area contributed by atoms with E-state index in [1.165, 1.54) is 0 Å². The normalized spacial score (nSPS) is 14.8. The summed E-state index contributed by atoms with van der Waals surface area (Å²) < 4.78 is 90.5. The van der Waals surface area contributed by atoms with Crippen molar-refractivity contribution in [2.24, 2.45) is 0 Å². The Hall–Kier alpha value is -5.61. The van der Waals surface area contributed by atoms with Crippen molar-refractivity contribution < 1.29 is 18.1 Å². The molecule has 0 amide bonds. The number of nitrogens with zero attached hydrogens (tertiary/aromatic N) is 3. The van der Waals surface area contributed by atoms with Gasteiger partial charge in [0.05, 0.1) is 13.7 Å². The highest BCUT2D eigenvalue weighted by Gasteiger charge is 2.21. The third-order valence-electron chi connectivity index (χ3n) is 6.90. The molecule has 0 saturated carbocycles. The summed E-state index contributed by atoms with van der Waals surface area (Å²) in [6.45, 7) is 0. The van der Waals surface area contributed by atoms with Crippen molar-refractivity contribution >= 4 is 32.7 Å². The first-order valence-corrected chi connectivity index (χ1v) is 12.8. The van der Waals surface area contributed by atoms with Crippen LogP contribution in [0.25, 0.3) is 78.0 Å². The van der Waals surface area contributed by atoms with Gasteiger partial charge in [-0.1, -0.05) is 127 Å². The maximum absolute atomic E-state index is 8.65. The van der Waals surface area contributed by atoms with E-state index in [0.29, 0.717) is 22.1 Å². The first-order chi connectivity index (χ1) is 24.5. The fourth-order valence-corrected chi connectivity index (χ4v) is 5.15. The zero-order valence-corrected chi connectivity index (χ0v) is 21.3. The highest BCUT2D eigenvalue weighted by atomic mass is 16.3. The highest BCUT2D eigenvalue weighted by Crippen LogP contribution is 2.43. The third kappa shape index (κ3) is 3.97. The van der Waals surface area contributed by atoms with Crippen LogP contribution in [0.2, 0.25) is 0 Å². The summed E-state index contributed by atoms with van der Waals surface area (Å²) in [5.74, 6) is -0.700. The molecule has 192 valence electrons. The molecule has 41 heavy (non-hydrogen) atoms. The average Bonchev–Trinajstić information content (AvgIpc) is 3.52. The van der Waals surface area contributed by atoms with Gasteiger partial charge in [0, 0.05) is 33.0 Å². The standard InChI is InChI=1S/C37H23N3O/c1-4-13-24(14-5-1)32-28-20-11-10-19-27(28)23-30-33-29(21-12-22-31(33)41-34(30)32)37-39-35(25-15-6-2-7-16-25)38-36(40-37)26-17-8-3-9-18-26/h1-23H/i2D,3D,6D,7D,8D,9D,15D,16D,17D,18D. The molecule has 0 atom stereocenters. The average molecular weight is 536 g/mol. The van der Waals surface area contributed by atoms with E-state index in [4.69, 9.17) is 18.1 Å². The zero-order chi connectivity index (χ0) is 35.9. The fourth-order valence-electron chi connectivity index (χ4n) is 5.15. The van der Waals surface area contributed by atoms with Crippen molar-refractivity contribution in [3.8, 4) is 45.3 Å². The van der Waals surface area contributed by atoms with Gasteiger partial charge in [0.1, 0.15) is 11.2 Å². The Morgan fingerprint density at radius 3 is 1.88 bits per heavy atom. The van der Waals surface area contributed by atoms with Gasteiger partial charge in [-0.3, -0.25) is 0 Å². The lowest BCUT2D eigenvalue weighted by Gasteiger charge is -2.10. The van der Waals surface area contributed by atoms with Gasteiger partial charge in [-0.15, -0.1) is 0 Å². The molecule has 0 radical (unpaired) electrons. The molecule has 0 unspecified atom stereocenters. The van der Waals surface area contributed by atoms with Gasteiger partial charge in [0.25, 0.3) is 0 Å². The highest BCUT2D eigenvalue weighted by molar-refractivity contribution is 6.21. The molecule has 0 aliphatic rings. The quantitative estimate of drug-likeness (QED) is 0.225. The van der Waals surface area contributed by atoms with E-state index >= 15 is 0 Å². The van der Waals surface area contributed by atoms with E-state index in [1.807, 2.05) is 60.7 Å². The largest absolute Gasteiger partial charge is 0.455 e. The molecule has 2 heterocycles. The van der Waals surface area contributed by atoms with Crippen molar-refractivity contribution in [2.45, 2.75) is 0 Å². The summed E-state index contributed by atoms with van der Waals surface area (Å²) in [4.78, 5) is 13.7. The summed E-state index contributed by atoms with van der Waals surface area (Å²) in [6, 6.07) is 19.1. The smallest absolute Gasteiger partial charge is 0.164 e. The molecule has 8 aromatic rings. The Morgan fingerprint density at radius 1 is 0.537 bits per heavy atom. The minimum absolute atomic E-state index is 0.0312. The van der Waals surface area contributed by atoms with E-state index < -0.39 is 60.4 Å². The van der Waals surface area contributed by atoms with E-state index in [-0.39, 0.29) is 28.6 Å². The minimum atomic E-state index is -0.611. The molecule has 4 nitrogen and oxygen atoms in total. The molecule has 0 aliphatic heterocycles. The van der Waals surface area contributed by atoms with E-state index in [0.717, 1.165) is 27.3 Å². The first kappa shape index (κ1) is 15.2. The number of furan rings is 1. The monoisotopic (exact) mass is 535 g/mol. The second-order valence-corrected chi connectivity index (χ2v) is 9.30. The number of rotatable bonds is 4. The van der Waals surface area contributed by atoms with Gasteiger partial charge in [-0.25, -0.2) is 15.0 Å². The molecule has 0 N–H and O–H groups in total. The lowest BCUT2D eigenvalue weighted by molar-refractivity contribution is 0.670. The summed E-state index contributed by atoms with van der Waals surface area (Å²) >= 11 is 0. The Balaban J connectivity index is 1.50. The maximum Gasteiger partial charge on any atom is 0.164 e. The molecule has 8 rings (SSSR count). The van der Waals surface area contributed by atoms with Gasteiger partial charge < -0.3 is 4.42 Å².